The second kappa shape index (κ2) is 9.56. The Bertz CT molecular complexity index is 833. The number of carbonyl (C=O) groups excluding carboxylic acids is 1. The molecule has 2 aromatic rings. The van der Waals surface area contributed by atoms with E-state index in [1.807, 2.05) is 0 Å². The first kappa shape index (κ1) is 20.9. The van der Waals surface area contributed by atoms with Gasteiger partial charge < -0.3 is 19.7 Å². The van der Waals surface area contributed by atoms with Crippen molar-refractivity contribution < 1.29 is 19.2 Å². The molecule has 7 nitrogen and oxygen atoms in total. The molecule has 0 radical (unpaired) electrons. The zero-order chi connectivity index (χ0) is 20.1. The molecule has 0 spiro atoms. The summed E-state index contributed by atoms with van der Waals surface area (Å²) < 4.78 is 17.8. The average Bonchev–Trinajstić information content (AvgIpc) is 2.74. The van der Waals surface area contributed by atoms with Gasteiger partial charge in [-0.25, -0.2) is 4.98 Å². The van der Waals surface area contributed by atoms with Crippen LogP contribution < -0.4 is 10.1 Å². The van der Waals surface area contributed by atoms with Crippen LogP contribution >= 0.6 is 11.6 Å². The minimum atomic E-state index is -1.64. The van der Waals surface area contributed by atoms with Crippen molar-refractivity contribution in [3.63, 3.8) is 0 Å². The van der Waals surface area contributed by atoms with E-state index in [4.69, 9.17) is 16.3 Å². The number of hydrogen-bond donors (Lipinski definition) is 2. The molecule has 150 valence electrons. The number of amides is 1. The van der Waals surface area contributed by atoms with E-state index in [0.29, 0.717) is 4.90 Å². The first-order valence-electron chi connectivity index (χ1n) is 9.07. The standard InChI is InChI=1S/C19H22ClN3O4S/c1-27-19-21-10-9-16(22-19)28(26)13-7-8-15(20)14(11-13)18(25)23-17(24)12-5-3-2-4-6-12/h7-12,17,24H,2-6H2,1H3,(H,23,25). The topological polar surface area (TPSA) is 107 Å². The monoisotopic (exact) mass is 423 g/mol. The number of aliphatic hydroxyl groups excluding tert-OH is 1. The summed E-state index contributed by atoms with van der Waals surface area (Å²) >= 11 is 4.53. The minimum absolute atomic E-state index is 0.0438. The van der Waals surface area contributed by atoms with Crippen molar-refractivity contribution in [2.75, 3.05) is 7.11 Å². The second-order valence-electron chi connectivity index (χ2n) is 6.61. The fraction of sp³-hybridized carbons (Fsp3) is 0.421. The highest BCUT2D eigenvalue weighted by molar-refractivity contribution is 7.91. The Morgan fingerprint density at radius 2 is 2.11 bits per heavy atom. The van der Waals surface area contributed by atoms with Gasteiger partial charge in [0.15, 0.2) is 4.90 Å². The number of halogens is 1. The van der Waals surface area contributed by atoms with Gasteiger partial charge in [-0.15, -0.1) is 4.98 Å². The number of carbonyl (C=O) groups is 1. The van der Waals surface area contributed by atoms with Crippen LogP contribution in [0.15, 0.2) is 40.4 Å². The third-order valence-electron chi connectivity index (χ3n) is 4.75. The van der Waals surface area contributed by atoms with Crippen molar-refractivity contribution in [3.05, 3.63) is 41.0 Å². The SMILES string of the molecule is COc1nccc([S+]([O-])c2ccc(Cl)c(C(=O)NC(O)C3CCCCC3)c2)n1. The van der Waals surface area contributed by atoms with Crippen molar-refractivity contribution in [1.29, 1.82) is 0 Å². The number of methoxy groups -OCH3 is 1. The normalized spacial score (nSPS) is 17.0. The van der Waals surface area contributed by atoms with E-state index in [1.165, 1.54) is 31.5 Å². The summed E-state index contributed by atoms with van der Waals surface area (Å²) in [6.07, 6.45) is 5.55. The third kappa shape index (κ3) is 4.94. The molecule has 28 heavy (non-hydrogen) atoms. The molecule has 1 aromatic heterocycles. The van der Waals surface area contributed by atoms with Crippen molar-refractivity contribution >= 4 is 28.7 Å². The molecule has 9 heteroatoms. The molecule has 1 heterocycles. The van der Waals surface area contributed by atoms with Crippen molar-refractivity contribution in [3.8, 4) is 6.01 Å². The zero-order valence-corrected chi connectivity index (χ0v) is 17.0. The molecule has 2 N–H and O–H groups in total. The minimum Gasteiger partial charge on any atom is -0.605 e. The molecule has 1 aliphatic rings. The van der Waals surface area contributed by atoms with Gasteiger partial charge in [0.25, 0.3) is 10.9 Å². The lowest BCUT2D eigenvalue weighted by Crippen LogP contribution is -2.41. The van der Waals surface area contributed by atoms with E-state index in [9.17, 15) is 14.5 Å². The van der Waals surface area contributed by atoms with Crippen LogP contribution in [0.4, 0.5) is 0 Å². The number of benzene rings is 1. The van der Waals surface area contributed by atoms with Crippen molar-refractivity contribution in [2.45, 2.75) is 48.3 Å². The fourth-order valence-corrected chi connectivity index (χ4v) is 4.43. The quantitative estimate of drug-likeness (QED) is 0.420. The van der Waals surface area contributed by atoms with E-state index < -0.39 is 23.3 Å². The predicted molar refractivity (Wildman–Crippen MR) is 105 cm³/mol. The summed E-state index contributed by atoms with van der Waals surface area (Å²) in [6, 6.07) is 6.15. The molecule has 1 amide bonds. The number of ether oxygens (including phenoxy) is 1. The lowest BCUT2D eigenvalue weighted by molar-refractivity contribution is 0.0463. The van der Waals surface area contributed by atoms with Gasteiger partial charge >= 0.3 is 6.01 Å². The Hall–Kier alpha value is -1.87. The summed E-state index contributed by atoms with van der Waals surface area (Å²) in [6.45, 7) is 0. The molecule has 1 fully saturated rings. The molecule has 3 rings (SSSR count). The maximum Gasteiger partial charge on any atom is 0.320 e. The van der Waals surface area contributed by atoms with Crippen LogP contribution in [0.25, 0.3) is 0 Å². The average molecular weight is 424 g/mol. The summed E-state index contributed by atoms with van der Waals surface area (Å²) in [5.74, 6) is -0.454. The van der Waals surface area contributed by atoms with Gasteiger partial charge in [-0.05, 0) is 25.0 Å². The first-order chi connectivity index (χ1) is 13.5. The Morgan fingerprint density at radius 1 is 1.36 bits per heavy atom. The molecule has 0 saturated heterocycles. The van der Waals surface area contributed by atoms with Gasteiger partial charge in [-0.1, -0.05) is 30.9 Å². The Balaban J connectivity index is 1.77. The van der Waals surface area contributed by atoms with E-state index in [2.05, 4.69) is 15.3 Å². The highest BCUT2D eigenvalue weighted by atomic mass is 35.5. The van der Waals surface area contributed by atoms with Gasteiger partial charge in [-0.3, -0.25) is 4.79 Å². The van der Waals surface area contributed by atoms with Gasteiger partial charge in [-0.2, -0.15) is 0 Å². The van der Waals surface area contributed by atoms with Crippen LogP contribution in [0.2, 0.25) is 5.02 Å². The lowest BCUT2D eigenvalue weighted by Gasteiger charge is -2.27. The van der Waals surface area contributed by atoms with Crippen LogP contribution in [0.3, 0.4) is 0 Å². The summed E-state index contributed by atoms with van der Waals surface area (Å²) in [5, 5.41) is 13.4. The Kier molecular flexibility index (Phi) is 7.12. The highest BCUT2D eigenvalue weighted by Crippen LogP contribution is 2.27. The van der Waals surface area contributed by atoms with Crippen LogP contribution in [-0.2, 0) is 11.2 Å². The van der Waals surface area contributed by atoms with Gasteiger partial charge in [0.1, 0.15) is 6.23 Å². The fourth-order valence-electron chi connectivity index (χ4n) is 3.22. The molecule has 1 aliphatic carbocycles. The van der Waals surface area contributed by atoms with Crippen molar-refractivity contribution in [1.82, 2.24) is 15.3 Å². The highest BCUT2D eigenvalue weighted by Gasteiger charge is 2.26. The maximum atomic E-state index is 12.8. The predicted octanol–water partition coefficient (Wildman–Crippen LogP) is 2.93. The number of rotatable bonds is 6. The van der Waals surface area contributed by atoms with E-state index in [-0.39, 0.29) is 27.5 Å². The Labute approximate surface area is 171 Å². The molecule has 1 saturated carbocycles. The van der Waals surface area contributed by atoms with E-state index in [0.717, 1.165) is 32.1 Å². The van der Waals surface area contributed by atoms with Gasteiger partial charge in [0.2, 0.25) is 0 Å². The lowest BCUT2D eigenvalue weighted by atomic mass is 9.88. The molecular weight excluding hydrogens is 402 g/mol. The second-order valence-corrected chi connectivity index (χ2v) is 8.44. The third-order valence-corrected chi connectivity index (χ3v) is 6.37. The number of nitrogens with one attached hydrogen (secondary N) is 1. The number of aliphatic hydroxyl groups is 1. The maximum absolute atomic E-state index is 12.8. The Morgan fingerprint density at radius 3 is 2.82 bits per heavy atom. The summed E-state index contributed by atoms with van der Waals surface area (Å²) in [7, 11) is 1.42. The molecular formula is C19H22ClN3O4S. The van der Waals surface area contributed by atoms with Gasteiger partial charge in [0, 0.05) is 35.4 Å². The van der Waals surface area contributed by atoms with E-state index >= 15 is 0 Å². The molecule has 1 aromatic carbocycles. The van der Waals surface area contributed by atoms with Crippen LogP contribution in [0, 0.1) is 5.92 Å². The molecule has 0 bridgehead atoms. The van der Waals surface area contributed by atoms with Gasteiger partial charge in [0.05, 0.1) is 17.7 Å². The van der Waals surface area contributed by atoms with E-state index in [1.54, 1.807) is 6.07 Å². The molecule has 0 aliphatic heterocycles. The number of nitrogens with zero attached hydrogens (tertiary/aromatic N) is 2. The van der Waals surface area contributed by atoms with Crippen molar-refractivity contribution in [2.24, 2.45) is 5.92 Å². The largest absolute Gasteiger partial charge is 0.605 e. The first-order valence-corrected chi connectivity index (χ1v) is 10.6. The summed E-state index contributed by atoms with van der Waals surface area (Å²) in [5.41, 5.74) is 0.156. The summed E-state index contributed by atoms with van der Waals surface area (Å²) in [4.78, 5) is 21.0. The van der Waals surface area contributed by atoms with Crippen LogP contribution in [0.1, 0.15) is 42.5 Å². The zero-order valence-electron chi connectivity index (χ0n) is 15.4. The number of aromatic nitrogens is 2. The molecule has 2 atom stereocenters. The van der Waals surface area contributed by atoms with Crippen LogP contribution in [0.5, 0.6) is 6.01 Å². The number of hydrogen-bond acceptors (Lipinski definition) is 6. The van der Waals surface area contributed by atoms with Crippen LogP contribution in [-0.4, -0.2) is 38.9 Å². The smallest absolute Gasteiger partial charge is 0.320 e. The molecule has 2 unspecified atom stereocenters.